The minimum atomic E-state index is -3.81. The predicted molar refractivity (Wildman–Crippen MR) is 102 cm³/mol. The van der Waals surface area contributed by atoms with E-state index >= 15 is 0 Å². The Kier molecular flexibility index (Phi) is 5.87. The van der Waals surface area contributed by atoms with Crippen LogP contribution >= 0.6 is 11.6 Å². The zero-order valence-electron chi connectivity index (χ0n) is 14.0. The number of anilines is 2. The molecule has 0 unspecified atom stereocenters. The number of rotatable bonds is 6. The second-order valence-corrected chi connectivity index (χ2v) is 7.68. The standard InChI is InChI=1S/C18H19ClN2O3S/c1-4-12-21(18-7-5-6-17(19)13(18)2)25(23,24)16-10-8-15(9-11-16)20-14(3)22/h4-11H,1,12H2,2-3H3,(H,20,22). The van der Waals surface area contributed by atoms with E-state index in [1.165, 1.54) is 29.4 Å². The van der Waals surface area contributed by atoms with Crippen molar-refractivity contribution in [1.82, 2.24) is 0 Å². The summed E-state index contributed by atoms with van der Waals surface area (Å²) < 4.78 is 27.4. The summed E-state index contributed by atoms with van der Waals surface area (Å²) in [6.45, 7) is 6.91. The van der Waals surface area contributed by atoms with Crippen LogP contribution in [0.2, 0.25) is 5.02 Å². The van der Waals surface area contributed by atoms with E-state index in [-0.39, 0.29) is 17.3 Å². The quantitative estimate of drug-likeness (QED) is 0.773. The Balaban J connectivity index is 2.47. The summed E-state index contributed by atoms with van der Waals surface area (Å²) in [5.74, 6) is -0.224. The van der Waals surface area contributed by atoms with Gasteiger partial charge in [0.15, 0.2) is 0 Å². The van der Waals surface area contributed by atoms with Crippen molar-refractivity contribution in [3.05, 3.63) is 65.7 Å². The summed E-state index contributed by atoms with van der Waals surface area (Å²) in [6, 6.07) is 11.1. The zero-order chi connectivity index (χ0) is 18.6. The Labute approximate surface area is 153 Å². The van der Waals surface area contributed by atoms with Gasteiger partial charge in [-0.3, -0.25) is 9.10 Å². The molecule has 0 saturated heterocycles. The molecule has 132 valence electrons. The summed E-state index contributed by atoms with van der Waals surface area (Å²) in [7, 11) is -3.81. The first-order chi connectivity index (χ1) is 11.8. The van der Waals surface area contributed by atoms with Crippen LogP contribution in [0.5, 0.6) is 0 Å². The molecular weight excluding hydrogens is 360 g/mol. The monoisotopic (exact) mass is 378 g/mol. The summed E-state index contributed by atoms with van der Waals surface area (Å²) in [4.78, 5) is 11.2. The van der Waals surface area contributed by atoms with Crippen LogP contribution in [0.25, 0.3) is 0 Å². The lowest BCUT2D eigenvalue weighted by Gasteiger charge is -2.25. The van der Waals surface area contributed by atoms with Crippen LogP contribution in [-0.4, -0.2) is 20.9 Å². The normalized spacial score (nSPS) is 11.0. The molecule has 2 aromatic carbocycles. The van der Waals surface area contributed by atoms with E-state index < -0.39 is 10.0 Å². The Morgan fingerprint density at radius 3 is 2.44 bits per heavy atom. The van der Waals surface area contributed by atoms with Crippen molar-refractivity contribution in [2.24, 2.45) is 0 Å². The number of hydrogen-bond donors (Lipinski definition) is 1. The van der Waals surface area contributed by atoms with Gasteiger partial charge in [0.25, 0.3) is 10.0 Å². The van der Waals surface area contributed by atoms with E-state index in [1.807, 2.05) is 0 Å². The van der Waals surface area contributed by atoms with Crippen molar-refractivity contribution in [1.29, 1.82) is 0 Å². The molecule has 5 nitrogen and oxygen atoms in total. The summed E-state index contributed by atoms with van der Waals surface area (Å²) >= 11 is 6.14. The number of benzene rings is 2. The van der Waals surface area contributed by atoms with Gasteiger partial charge in [0.2, 0.25) is 5.91 Å². The highest BCUT2D eigenvalue weighted by Crippen LogP contribution is 2.31. The molecule has 1 N–H and O–H groups in total. The van der Waals surface area contributed by atoms with Crippen LogP contribution in [0.15, 0.2) is 60.0 Å². The van der Waals surface area contributed by atoms with Gasteiger partial charge in [-0.05, 0) is 48.9 Å². The number of amides is 1. The lowest BCUT2D eigenvalue weighted by Crippen LogP contribution is -2.31. The third kappa shape index (κ3) is 4.21. The first kappa shape index (κ1) is 19.0. The minimum absolute atomic E-state index is 0.108. The van der Waals surface area contributed by atoms with Crippen molar-refractivity contribution in [2.45, 2.75) is 18.7 Å². The number of sulfonamides is 1. The maximum absolute atomic E-state index is 13.1. The smallest absolute Gasteiger partial charge is 0.264 e. The van der Waals surface area contributed by atoms with E-state index in [1.54, 1.807) is 37.3 Å². The predicted octanol–water partition coefficient (Wildman–Crippen LogP) is 3.99. The van der Waals surface area contributed by atoms with Crippen LogP contribution < -0.4 is 9.62 Å². The van der Waals surface area contributed by atoms with Crippen molar-refractivity contribution < 1.29 is 13.2 Å². The van der Waals surface area contributed by atoms with Crippen molar-refractivity contribution in [2.75, 3.05) is 16.2 Å². The van der Waals surface area contributed by atoms with Crippen LogP contribution in [-0.2, 0) is 14.8 Å². The van der Waals surface area contributed by atoms with E-state index in [0.29, 0.717) is 22.0 Å². The van der Waals surface area contributed by atoms with Gasteiger partial charge in [0.05, 0.1) is 17.1 Å². The molecule has 0 aliphatic carbocycles. The molecule has 0 aliphatic heterocycles. The molecule has 0 aliphatic rings. The first-order valence-electron chi connectivity index (χ1n) is 7.53. The van der Waals surface area contributed by atoms with Crippen LogP contribution in [0, 0.1) is 6.92 Å². The van der Waals surface area contributed by atoms with Gasteiger partial charge in [-0.2, -0.15) is 0 Å². The third-order valence-electron chi connectivity index (χ3n) is 3.57. The molecule has 2 aromatic rings. The minimum Gasteiger partial charge on any atom is -0.326 e. The molecule has 0 saturated carbocycles. The highest BCUT2D eigenvalue weighted by atomic mass is 35.5. The van der Waals surface area contributed by atoms with Gasteiger partial charge in [-0.15, -0.1) is 6.58 Å². The van der Waals surface area contributed by atoms with Gasteiger partial charge in [-0.25, -0.2) is 8.42 Å². The molecule has 0 radical (unpaired) electrons. The van der Waals surface area contributed by atoms with Crippen molar-refractivity contribution in [3.63, 3.8) is 0 Å². The fraction of sp³-hybridized carbons (Fsp3) is 0.167. The Morgan fingerprint density at radius 1 is 1.24 bits per heavy atom. The van der Waals surface area contributed by atoms with Crippen LogP contribution in [0.4, 0.5) is 11.4 Å². The fourth-order valence-electron chi connectivity index (χ4n) is 2.35. The van der Waals surface area contributed by atoms with Crippen LogP contribution in [0.1, 0.15) is 12.5 Å². The lowest BCUT2D eigenvalue weighted by atomic mass is 10.2. The average Bonchev–Trinajstić information content (AvgIpc) is 2.55. The third-order valence-corrected chi connectivity index (χ3v) is 5.77. The second-order valence-electron chi connectivity index (χ2n) is 5.41. The van der Waals surface area contributed by atoms with Gasteiger partial charge in [-0.1, -0.05) is 23.7 Å². The molecule has 0 heterocycles. The van der Waals surface area contributed by atoms with Crippen molar-refractivity contribution in [3.8, 4) is 0 Å². The lowest BCUT2D eigenvalue weighted by molar-refractivity contribution is -0.114. The van der Waals surface area contributed by atoms with Gasteiger partial charge in [0, 0.05) is 17.6 Å². The molecule has 0 bridgehead atoms. The zero-order valence-corrected chi connectivity index (χ0v) is 15.6. The van der Waals surface area contributed by atoms with Crippen molar-refractivity contribution >= 4 is 38.9 Å². The summed E-state index contributed by atoms with van der Waals surface area (Å²) in [5, 5.41) is 3.09. The first-order valence-corrected chi connectivity index (χ1v) is 9.35. The highest BCUT2D eigenvalue weighted by Gasteiger charge is 2.25. The Morgan fingerprint density at radius 2 is 1.88 bits per heavy atom. The van der Waals surface area contributed by atoms with E-state index in [0.717, 1.165) is 0 Å². The van der Waals surface area contributed by atoms with Gasteiger partial charge < -0.3 is 5.32 Å². The van der Waals surface area contributed by atoms with Crippen LogP contribution in [0.3, 0.4) is 0 Å². The topological polar surface area (TPSA) is 66.5 Å². The van der Waals surface area contributed by atoms with E-state index in [2.05, 4.69) is 11.9 Å². The molecule has 2 rings (SSSR count). The molecule has 0 atom stereocenters. The molecule has 25 heavy (non-hydrogen) atoms. The van der Waals surface area contributed by atoms with E-state index in [9.17, 15) is 13.2 Å². The maximum atomic E-state index is 13.1. The molecule has 0 aromatic heterocycles. The number of halogens is 1. The largest absolute Gasteiger partial charge is 0.326 e. The maximum Gasteiger partial charge on any atom is 0.264 e. The number of nitrogens with one attached hydrogen (secondary N) is 1. The Hall–Kier alpha value is -2.31. The molecular formula is C18H19ClN2O3S. The fourth-order valence-corrected chi connectivity index (χ4v) is 4.01. The number of carbonyl (C=O) groups excluding carboxylic acids is 1. The molecule has 1 amide bonds. The highest BCUT2D eigenvalue weighted by molar-refractivity contribution is 7.92. The molecule has 7 heteroatoms. The SMILES string of the molecule is C=CCN(c1cccc(Cl)c1C)S(=O)(=O)c1ccc(NC(C)=O)cc1. The molecule has 0 spiro atoms. The van der Waals surface area contributed by atoms with Gasteiger partial charge in [0.1, 0.15) is 0 Å². The molecule has 0 fully saturated rings. The second kappa shape index (κ2) is 7.72. The summed E-state index contributed by atoms with van der Waals surface area (Å²) in [5.41, 5.74) is 1.70. The Bertz CT molecular complexity index is 893. The van der Waals surface area contributed by atoms with E-state index in [4.69, 9.17) is 11.6 Å². The number of hydrogen-bond acceptors (Lipinski definition) is 3. The van der Waals surface area contributed by atoms with Gasteiger partial charge >= 0.3 is 0 Å². The summed E-state index contributed by atoms with van der Waals surface area (Å²) in [6.07, 6.45) is 1.52. The average molecular weight is 379 g/mol. The number of nitrogens with zero attached hydrogens (tertiary/aromatic N) is 1. The number of carbonyl (C=O) groups is 1.